The summed E-state index contributed by atoms with van der Waals surface area (Å²) < 4.78 is 41.0. The molecule has 0 N–H and O–H groups in total. The zero-order chi connectivity index (χ0) is 23.4. The van der Waals surface area contributed by atoms with Crippen molar-refractivity contribution >= 4 is 15.9 Å². The van der Waals surface area contributed by atoms with Gasteiger partial charge in [-0.3, -0.25) is 4.79 Å². The molecule has 33 heavy (non-hydrogen) atoms. The van der Waals surface area contributed by atoms with Crippen LogP contribution in [0.15, 0.2) is 83.8 Å². The van der Waals surface area contributed by atoms with Crippen molar-refractivity contribution in [2.24, 2.45) is 0 Å². The lowest BCUT2D eigenvalue weighted by Crippen LogP contribution is -2.38. The number of rotatable bonds is 5. The Morgan fingerprint density at radius 3 is 2.42 bits per heavy atom. The maximum atomic E-state index is 13.6. The third-order valence-corrected chi connectivity index (χ3v) is 8.12. The predicted octanol–water partition coefficient (Wildman–Crippen LogP) is 4.81. The Kier molecular flexibility index (Phi) is 6.91. The van der Waals surface area contributed by atoms with Crippen LogP contribution in [-0.4, -0.2) is 49.7 Å². The van der Waals surface area contributed by atoms with Crippen LogP contribution in [-0.2, 0) is 10.0 Å². The highest BCUT2D eigenvalue weighted by molar-refractivity contribution is 7.89. The van der Waals surface area contributed by atoms with Gasteiger partial charge in [0.05, 0.1) is 4.90 Å². The van der Waals surface area contributed by atoms with Gasteiger partial charge in [-0.05, 0) is 54.7 Å². The van der Waals surface area contributed by atoms with Crippen molar-refractivity contribution in [2.45, 2.75) is 30.2 Å². The molecule has 1 aliphatic heterocycles. The molecular weight excluding hydrogens is 439 g/mol. The van der Waals surface area contributed by atoms with E-state index in [0.717, 1.165) is 17.2 Å². The Labute approximate surface area is 194 Å². The van der Waals surface area contributed by atoms with E-state index in [1.807, 2.05) is 59.5 Å². The third-order valence-electron chi connectivity index (χ3n) is 6.21. The molecule has 1 heterocycles. The minimum Gasteiger partial charge on any atom is -0.339 e. The smallest absolute Gasteiger partial charge is 0.254 e. The molecule has 1 unspecified atom stereocenters. The largest absolute Gasteiger partial charge is 0.339 e. The van der Waals surface area contributed by atoms with Gasteiger partial charge in [-0.1, -0.05) is 54.6 Å². The summed E-state index contributed by atoms with van der Waals surface area (Å²) in [5.41, 5.74) is 2.51. The fraction of sp³-hybridized carbons (Fsp3) is 0.269. The van der Waals surface area contributed by atoms with Crippen molar-refractivity contribution < 1.29 is 17.6 Å². The molecule has 172 valence electrons. The highest BCUT2D eigenvalue weighted by atomic mass is 32.2. The van der Waals surface area contributed by atoms with E-state index in [4.69, 9.17) is 0 Å². The zero-order valence-electron chi connectivity index (χ0n) is 18.5. The third kappa shape index (κ3) is 4.99. The van der Waals surface area contributed by atoms with Crippen molar-refractivity contribution in [2.75, 3.05) is 20.1 Å². The summed E-state index contributed by atoms with van der Waals surface area (Å²) in [6.45, 7) is 1.02. The molecule has 1 amide bonds. The van der Waals surface area contributed by atoms with Gasteiger partial charge >= 0.3 is 0 Å². The Bertz CT molecular complexity index is 1230. The first-order valence-corrected chi connectivity index (χ1v) is 12.5. The standard InChI is InChI=1S/C26H27FN2O3S/c1-28(33(31,32)23-13-7-11-21(27)19-23)22-12-8-17-29(18-16-22)26(30)25-15-6-5-14-24(25)20-9-3-2-4-10-20/h2-7,9-11,13-15,19,22H,8,12,16-18H2,1H3. The Morgan fingerprint density at radius 1 is 0.939 bits per heavy atom. The Morgan fingerprint density at radius 2 is 1.67 bits per heavy atom. The minimum absolute atomic E-state index is 0.0502. The molecule has 0 aromatic heterocycles. The molecule has 7 heteroatoms. The second kappa shape index (κ2) is 9.85. The average molecular weight is 467 g/mol. The summed E-state index contributed by atoms with van der Waals surface area (Å²) >= 11 is 0. The van der Waals surface area contributed by atoms with Crippen LogP contribution in [0, 0.1) is 5.82 Å². The van der Waals surface area contributed by atoms with Crippen LogP contribution in [0.5, 0.6) is 0 Å². The van der Waals surface area contributed by atoms with Gasteiger partial charge in [-0.25, -0.2) is 12.8 Å². The summed E-state index contributed by atoms with van der Waals surface area (Å²) in [5, 5.41) is 0. The number of amides is 1. The summed E-state index contributed by atoms with van der Waals surface area (Å²) in [6.07, 6.45) is 1.84. The lowest BCUT2D eigenvalue weighted by atomic mass is 9.99. The molecular formula is C26H27FN2O3S. The average Bonchev–Trinajstić information content (AvgIpc) is 3.10. The molecule has 0 radical (unpaired) electrons. The van der Waals surface area contributed by atoms with Crippen LogP contribution in [0.3, 0.4) is 0 Å². The molecule has 0 aliphatic carbocycles. The fourth-order valence-corrected chi connectivity index (χ4v) is 5.79. The van der Waals surface area contributed by atoms with E-state index in [0.29, 0.717) is 37.9 Å². The van der Waals surface area contributed by atoms with Gasteiger partial charge in [-0.2, -0.15) is 4.31 Å². The van der Waals surface area contributed by atoms with E-state index < -0.39 is 15.8 Å². The highest BCUT2D eigenvalue weighted by Gasteiger charge is 2.31. The van der Waals surface area contributed by atoms with E-state index in [-0.39, 0.29) is 16.8 Å². The van der Waals surface area contributed by atoms with Gasteiger partial charge in [0, 0.05) is 31.7 Å². The summed E-state index contributed by atoms with van der Waals surface area (Å²) in [7, 11) is -2.29. The molecule has 1 fully saturated rings. The number of nitrogens with zero attached hydrogens (tertiary/aromatic N) is 2. The van der Waals surface area contributed by atoms with Crippen LogP contribution in [0.2, 0.25) is 0 Å². The van der Waals surface area contributed by atoms with E-state index in [1.54, 1.807) is 0 Å². The van der Waals surface area contributed by atoms with E-state index >= 15 is 0 Å². The lowest BCUT2D eigenvalue weighted by molar-refractivity contribution is 0.0760. The molecule has 0 bridgehead atoms. The normalized spacial score (nSPS) is 17.1. The van der Waals surface area contributed by atoms with Gasteiger partial charge < -0.3 is 4.90 Å². The Balaban J connectivity index is 1.51. The first kappa shape index (κ1) is 23.1. The summed E-state index contributed by atoms with van der Waals surface area (Å²) in [5.74, 6) is -0.634. The number of carbonyl (C=O) groups is 1. The zero-order valence-corrected chi connectivity index (χ0v) is 19.3. The second-order valence-corrected chi connectivity index (χ2v) is 10.3. The predicted molar refractivity (Wildman–Crippen MR) is 127 cm³/mol. The second-order valence-electron chi connectivity index (χ2n) is 8.27. The maximum absolute atomic E-state index is 13.6. The molecule has 5 nitrogen and oxygen atoms in total. The van der Waals surface area contributed by atoms with E-state index in [9.17, 15) is 17.6 Å². The number of hydrogen-bond donors (Lipinski definition) is 0. The number of hydrogen-bond acceptors (Lipinski definition) is 3. The topological polar surface area (TPSA) is 57.7 Å². The van der Waals surface area contributed by atoms with Crippen molar-refractivity contribution in [3.8, 4) is 11.1 Å². The molecule has 3 aromatic carbocycles. The fourth-order valence-electron chi connectivity index (χ4n) is 4.34. The van der Waals surface area contributed by atoms with Crippen molar-refractivity contribution in [3.05, 3.63) is 90.2 Å². The number of halogens is 1. The monoisotopic (exact) mass is 466 g/mol. The van der Waals surface area contributed by atoms with Crippen LogP contribution in [0.1, 0.15) is 29.6 Å². The molecule has 1 aliphatic rings. The minimum atomic E-state index is -3.82. The van der Waals surface area contributed by atoms with Crippen LogP contribution < -0.4 is 0 Å². The van der Waals surface area contributed by atoms with Crippen molar-refractivity contribution in [1.82, 2.24) is 9.21 Å². The molecule has 1 saturated heterocycles. The molecule has 0 saturated carbocycles. The SMILES string of the molecule is CN(C1CCCN(C(=O)c2ccccc2-c2ccccc2)CC1)S(=O)(=O)c1cccc(F)c1. The van der Waals surface area contributed by atoms with Gasteiger partial charge in [0.25, 0.3) is 5.91 Å². The highest BCUT2D eigenvalue weighted by Crippen LogP contribution is 2.27. The van der Waals surface area contributed by atoms with Crippen LogP contribution in [0.4, 0.5) is 4.39 Å². The number of likely N-dealkylation sites (tertiary alicyclic amines) is 1. The van der Waals surface area contributed by atoms with Gasteiger partial charge in [0.2, 0.25) is 10.0 Å². The number of sulfonamides is 1. The number of carbonyl (C=O) groups excluding carboxylic acids is 1. The van der Waals surface area contributed by atoms with Gasteiger partial charge in [-0.15, -0.1) is 0 Å². The summed E-state index contributed by atoms with van der Waals surface area (Å²) in [4.78, 5) is 15.2. The van der Waals surface area contributed by atoms with Crippen molar-refractivity contribution in [1.29, 1.82) is 0 Å². The maximum Gasteiger partial charge on any atom is 0.254 e. The quantitative estimate of drug-likeness (QED) is 0.542. The summed E-state index contributed by atoms with van der Waals surface area (Å²) in [6, 6.07) is 22.2. The number of benzene rings is 3. The molecule has 0 spiro atoms. The lowest BCUT2D eigenvalue weighted by Gasteiger charge is -2.27. The first-order chi connectivity index (χ1) is 15.9. The van der Waals surface area contributed by atoms with Gasteiger partial charge in [0.15, 0.2) is 0 Å². The molecule has 1 atom stereocenters. The molecule has 3 aromatic rings. The van der Waals surface area contributed by atoms with E-state index in [1.165, 1.54) is 29.6 Å². The first-order valence-electron chi connectivity index (χ1n) is 11.1. The van der Waals surface area contributed by atoms with Gasteiger partial charge in [0.1, 0.15) is 5.82 Å². The molecule has 4 rings (SSSR count). The van der Waals surface area contributed by atoms with Crippen LogP contribution >= 0.6 is 0 Å². The van der Waals surface area contributed by atoms with Crippen molar-refractivity contribution in [3.63, 3.8) is 0 Å². The van der Waals surface area contributed by atoms with E-state index in [2.05, 4.69) is 0 Å². The Hall–Kier alpha value is -3.03. The van der Waals surface area contributed by atoms with Crippen LogP contribution in [0.25, 0.3) is 11.1 Å².